The van der Waals surface area contributed by atoms with Crippen LogP contribution in [0, 0.1) is 0 Å². The van der Waals surface area contributed by atoms with Gasteiger partial charge in [-0.2, -0.15) is 0 Å². The van der Waals surface area contributed by atoms with Crippen LogP contribution in [0.25, 0.3) is 0 Å². The van der Waals surface area contributed by atoms with Gasteiger partial charge in [-0.1, -0.05) is 60.7 Å². The Bertz CT molecular complexity index is 614. The van der Waals surface area contributed by atoms with Gasteiger partial charge >= 0.3 is 0 Å². The smallest absolute Gasteiger partial charge is 0.191 e. The largest absolute Gasteiger partial charge is 0.388 e. The van der Waals surface area contributed by atoms with Crippen molar-refractivity contribution in [3.63, 3.8) is 0 Å². The summed E-state index contributed by atoms with van der Waals surface area (Å²) in [5.74, 6) is 0.816. The lowest BCUT2D eigenvalue weighted by molar-refractivity contribution is 0.168. The van der Waals surface area contributed by atoms with Gasteiger partial charge in [0.05, 0.1) is 6.10 Å². The molecule has 0 saturated carbocycles. The molecule has 0 heterocycles. The molecule has 4 nitrogen and oxygen atoms in total. The molecule has 0 radical (unpaired) electrons. The molecule has 0 fully saturated rings. The van der Waals surface area contributed by atoms with Gasteiger partial charge in [-0.25, -0.2) is 0 Å². The molecule has 0 aliphatic rings. The van der Waals surface area contributed by atoms with Crippen LogP contribution in [-0.2, 0) is 6.42 Å². The second-order valence-electron chi connectivity index (χ2n) is 5.99. The van der Waals surface area contributed by atoms with Crippen molar-refractivity contribution in [2.75, 3.05) is 19.6 Å². The molecule has 1 atom stereocenters. The van der Waals surface area contributed by atoms with Crippen LogP contribution in [0.2, 0.25) is 0 Å². The van der Waals surface area contributed by atoms with E-state index in [4.69, 9.17) is 0 Å². The predicted molar refractivity (Wildman–Crippen MR) is 105 cm³/mol. The Balaban J connectivity index is 1.72. The first-order valence-electron chi connectivity index (χ1n) is 9.08. The van der Waals surface area contributed by atoms with Crippen molar-refractivity contribution in [3.8, 4) is 0 Å². The van der Waals surface area contributed by atoms with E-state index in [0.717, 1.165) is 37.5 Å². The minimum atomic E-state index is -0.449. The maximum absolute atomic E-state index is 10.2. The van der Waals surface area contributed by atoms with Gasteiger partial charge in [-0.15, -0.1) is 0 Å². The topological polar surface area (TPSA) is 56.7 Å². The number of benzene rings is 2. The maximum Gasteiger partial charge on any atom is 0.191 e. The lowest BCUT2D eigenvalue weighted by atomic mass is 10.1. The highest BCUT2D eigenvalue weighted by atomic mass is 16.3. The zero-order valence-electron chi connectivity index (χ0n) is 15.0. The summed E-state index contributed by atoms with van der Waals surface area (Å²) in [6.45, 7) is 4.35. The van der Waals surface area contributed by atoms with E-state index in [0.29, 0.717) is 13.0 Å². The second kappa shape index (κ2) is 11.3. The van der Waals surface area contributed by atoms with E-state index < -0.39 is 6.10 Å². The summed E-state index contributed by atoms with van der Waals surface area (Å²) < 4.78 is 0. The highest BCUT2D eigenvalue weighted by Gasteiger charge is 2.06. The van der Waals surface area contributed by atoms with Gasteiger partial charge in [0.2, 0.25) is 0 Å². The van der Waals surface area contributed by atoms with Gasteiger partial charge in [0.25, 0.3) is 0 Å². The fourth-order valence-electron chi connectivity index (χ4n) is 2.63. The quantitative estimate of drug-likeness (QED) is 0.373. The number of hydrogen-bond donors (Lipinski definition) is 3. The fourth-order valence-corrected chi connectivity index (χ4v) is 2.63. The summed E-state index contributed by atoms with van der Waals surface area (Å²) in [6, 6.07) is 20.2. The third-order valence-corrected chi connectivity index (χ3v) is 3.98. The van der Waals surface area contributed by atoms with Crippen molar-refractivity contribution in [2.24, 2.45) is 4.99 Å². The minimum Gasteiger partial charge on any atom is -0.388 e. The van der Waals surface area contributed by atoms with Gasteiger partial charge in [0.1, 0.15) is 0 Å². The van der Waals surface area contributed by atoms with E-state index in [1.165, 1.54) is 5.56 Å². The molecule has 0 bridgehead atoms. The molecule has 1 unspecified atom stereocenters. The molecule has 0 amide bonds. The Hall–Kier alpha value is -2.33. The van der Waals surface area contributed by atoms with E-state index in [1.807, 2.05) is 36.4 Å². The SMILES string of the molecule is CCNC(=NCCCc1ccccc1)NCCC(O)c1ccccc1. The van der Waals surface area contributed by atoms with Gasteiger partial charge in [0.15, 0.2) is 5.96 Å². The van der Waals surface area contributed by atoms with Crippen LogP contribution >= 0.6 is 0 Å². The zero-order chi connectivity index (χ0) is 17.7. The van der Waals surface area contributed by atoms with E-state index in [9.17, 15) is 5.11 Å². The monoisotopic (exact) mass is 339 g/mol. The highest BCUT2D eigenvalue weighted by molar-refractivity contribution is 5.79. The number of nitrogens with one attached hydrogen (secondary N) is 2. The molecule has 0 aliphatic heterocycles. The molecule has 4 heteroatoms. The van der Waals surface area contributed by atoms with Crippen LogP contribution in [0.1, 0.15) is 37.0 Å². The molecule has 0 spiro atoms. The Kier molecular flexibility index (Phi) is 8.56. The van der Waals surface area contributed by atoms with Crippen LogP contribution in [0.3, 0.4) is 0 Å². The van der Waals surface area contributed by atoms with Crippen LogP contribution in [-0.4, -0.2) is 30.7 Å². The Morgan fingerprint density at radius 2 is 1.68 bits per heavy atom. The molecule has 0 aliphatic carbocycles. The number of aliphatic hydroxyl groups excluding tert-OH is 1. The van der Waals surface area contributed by atoms with Gasteiger partial charge < -0.3 is 15.7 Å². The van der Waals surface area contributed by atoms with Crippen molar-refractivity contribution in [2.45, 2.75) is 32.3 Å². The maximum atomic E-state index is 10.2. The second-order valence-corrected chi connectivity index (χ2v) is 5.99. The molecule has 0 aromatic heterocycles. The average molecular weight is 339 g/mol. The number of hydrogen-bond acceptors (Lipinski definition) is 2. The lowest BCUT2D eigenvalue weighted by Crippen LogP contribution is -2.38. The average Bonchev–Trinajstić information content (AvgIpc) is 2.66. The summed E-state index contributed by atoms with van der Waals surface area (Å²) >= 11 is 0. The number of aliphatic hydroxyl groups is 1. The van der Waals surface area contributed by atoms with Crippen molar-refractivity contribution in [3.05, 3.63) is 71.8 Å². The summed E-state index contributed by atoms with van der Waals surface area (Å²) in [4.78, 5) is 4.61. The Morgan fingerprint density at radius 1 is 1.00 bits per heavy atom. The summed E-state index contributed by atoms with van der Waals surface area (Å²) in [5, 5.41) is 16.8. The van der Waals surface area contributed by atoms with E-state index >= 15 is 0 Å². The molecule has 2 rings (SSSR count). The molecular formula is C21H29N3O. The predicted octanol–water partition coefficient (Wildman–Crippen LogP) is 3.30. The first kappa shape index (κ1) is 19.0. The van der Waals surface area contributed by atoms with Crippen LogP contribution in [0.5, 0.6) is 0 Å². The van der Waals surface area contributed by atoms with Crippen LogP contribution < -0.4 is 10.6 Å². The number of aryl methyl sites for hydroxylation is 1. The Morgan fingerprint density at radius 3 is 2.36 bits per heavy atom. The fraction of sp³-hybridized carbons (Fsp3) is 0.381. The highest BCUT2D eigenvalue weighted by Crippen LogP contribution is 2.14. The van der Waals surface area contributed by atoms with Gasteiger partial charge in [-0.05, 0) is 37.3 Å². The third-order valence-electron chi connectivity index (χ3n) is 3.98. The van der Waals surface area contributed by atoms with Gasteiger partial charge in [-0.3, -0.25) is 4.99 Å². The molecule has 0 saturated heterocycles. The number of aliphatic imine (C=N–C) groups is 1. The number of nitrogens with zero attached hydrogens (tertiary/aromatic N) is 1. The van der Waals surface area contributed by atoms with E-state index in [-0.39, 0.29) is 0 Å². The number of rotatable bonds is 9. The minimum absolute atomic E-state index is 0.449. The summed E-state index contributed by atoms with van der Waals surface area (Å²) in [6.07, 6.45) is 2.26. The lowest BCUT2D eigenvalue weighted by Gasteiger charge is -2.14. The normalized spacial score (nSPS) is 12.6. The van der Waals surface area contributed by atoms with Crippen molar-refractivity contribution < 1.29 is 5.11 Å². The molecule has 25 heavy (non-hydrogen) atoms. The van der Waals surface area contributed by atoms with Crippen molar-refractivity contribution >= 4 is 5.96 Å². The van der Waals surface area contributed by atoms with E-state index in [1.54, 1.807) is 0 Å². The first-order valence-corrected chi connectivity index (χ1v) is 9.08. The first-order chi connectivity index (χ1) is 12.3. The standard InChI is InChI=1S/C21H29N3O/c1-2-22-21(23-16-9-12-18-10-5-3-6-11-18)24-17-15-20(25)19-13-7-4-8-14-19/h3-8,10-11,13-14,20,25H,2,9,12,15-17H2,1H3,(H2,22,23,24). The van der Waals surface area contributed by atoms with Crippen molar-refractivity contribution in [1.82, 2.24) is 10.6 Å². The van der Waals surface area contributed by atoms with Crippen LogP contribution in [0.15, 0.2) is 65.7 Å². The van der Waals surface area contributed by atoms with Gasteiger partial charge in [0, 0.05) is 19.6 Å². The summed E-state index contributed by atoms with van der Waals surface area (Å²) in [7, 11) is 0. The third kappa shape index (κ3) is 7.40. The summed E-state index contributed by atoms with van der Waals surface area (Å²) in [5.41, 5.74) is 2.30. The molecule has 3 N–H and O–H groups in total. The molecule has 2 aromatic rings. The molecule has 134 valence electrons. The van der Waals surface area contributed by atoms with Crippen LogP contribution in [0.4, 0.5) is 0 Å². The number of guanidine groups is 1. The molecule has 2 aromatic carbocycles. The zero-order valence-corrected chi connectivity index (χ0v) is 15.0. The molecular weight excluding hydrogens is 310 g/mol. The van der Waals surface area contributed by atoms with Crippen molar-refractivity contribution in [1.29, 1.82) is 0 Å². The Labute approximate surface area is 151 Å². The van der Waals surface area contributed by atoms with E-state index in [2.05, 4.69) is 46.8 Å².